The zero-order chi connectivity index (χ0) is 45.0. The minimum Gasteiger partial charge on any atom is -0.465 e. The summed E-state index contributed by atoms with van der Waals surface area (Å²) in [6.45, 7) is 8.74. The highest BCUT2D eigenvalue weighted by atomic mass is 32.1. The molecule has 4 amide bonds. The first-order valence-corrected chi connectivity index (χ1v) is 23.8. The number of hydrogen-bond donors (Lipinski definition) is 4. The molecule has 3 fully saturated rings. The lowest BCUT2D eigenvalue weighted by atomic mass is 10.0. The van der Waals surface area contributed by atoms with Crippen LogP contribution < -0.4 is 10.2 Å². The van der Waals surface area contributed by atoms with Gasteiger partial charge in [-0.15, -0.1) is 11.3 Å². The third-order valence-corrected chi connectivity index (χ3v) is 15.1. The molecule has 1 aliphatic carbocycles. The van der Waals surface area contributed by atoms with Crippen molar-refractivity contribution in [3.8, 4) is 0 Å². The Morgan fingerprint density at radius 1 is 0.766 bits per heavy atom. The van der Waals surface area contributed by atoms with Gasteiger partial charge in [-0.25, -0.2) is 24.5 Å². The number of nitrogens with zero attached hydrogens (tertiary/aromatic N) is 7. The van der Waals surface area contributed by atoms with Gasteiger partial charge in [0.1, 0.15) is 23.7 Å². The first kappa shape index (κ1) is 43.5. The van der Waals surface area contributed by atoms with Gasteiger partial charge in [-0.1, -0.05) is 39.8 Å². The smallest absolute Gasteiger partial charge is 0.407 e. The Morgan fingerprint density at radius 3 is 1.84 bits per heavy atom. The summed E-state index contributed by atoms with van der Waals surface area (Å²) in [6, 6.07) is 11.1. The van der Waals surface area contributed by atoms with Crippen LogP contribution in [0.1, 0.15) is 137 Å². The summed E-state index contributed by atoms with van der Waals surface area (Å²) in [5.41, 5.74) is 7.05. The van der Waals surface area contributed by atoms with Gasteiger partial charge in [-0.05, 0) is 111 Å². The second-order valence-corrected chi connectivity index (χ2v) is 19.8. The molecule has 64 heavy (non-hydrogen) atoms. The van der Waals surface area contributed by atoms with E-state index in [1.165, 1.54) is 36.7 Å². The van der Waals surface area contributed by atoms with Crippen LogP contribution >= 0.6 is 11.3 Å². The number of carbonyl (C=O) groups excluding carboxylic acids is 3. The van der Waals surface area contributed by atoms with Crippen molar-refractivity contribution in [2.45, 2.75) is 128 Å². The summed E-state index contributed by atoms with van der Waals surface area (Å²) in [4.78, 5) is 83.2. The number of carbonyl (C=O) groups is 4. The molecule has 3 aromatic heterocycles. The van der Waals surface area contributed by atoms with Gasteiger partial charge in [0.15, 0.2) is 5.13 Å². The van der Waals surface area contributed by atoms with Crippen molar-refractivity contribution in [2.24, 2.45) is 11.8 Å². The Hall–Kier alpha value is -5.71. The number of anilines is 1. The maximum absolute atomic E-state index is 13.9. The lowest BCUT2D eigenvalue weighted by Crippen LogP contribution is -2.51. The molecule has 0 radical (unpaired) electrons. The Kier molecular flexibility index (Phi) is 12.0. The number of methoxy groups -OCH3 is 1. The van der Waals surface area contributed by atoms with Crippen LogP contribution in [-0.2, 0) is 27.2 Å². The minimum absolute atomic E-state index is 0.0512. The number of aromatic amines is 2. The molecule has 4 N–H and O–H groups in total. The number of amides is 4. The van der Waals surface area contributed by atoms with Crippen LogP contribution in [0, 0.1) is 11.8 Å². The number of hydrogen-bond acceptors (Lipinski definition) is 10. The third kappa shape index (κ3) is 8.04. The third-order valence-electron chi connectivity index (χ3n) is 14.0. The van der Waals surface area contributed by atoms with Crippen LogP contribution in [0.5, 0.6) is 0 Å². The van der Waals surface area contributed by atoms with Gasteiger partial charge in [0, 0.05) is 25.0 Å². The van der Waals surface area contributed by atoms with E-state index in [0.717, 1.165) is 107 Å². The highest BCUT2D eigenvalue weighted by Crippen LogP contribution is 2.50. The lowest BCUT2D eigenvalue weighted by molar-refractivity contribution is -0.138. The van der Waals surface area contributed by atoms with Gasteiger partial charge < -0.3 is 39.8 Å². The fourth-order valence-electron chi connectivity index (χ4n) is 10.7. The number of aryl methyl sites for hydroxylation is 2. The molecule has 0 saturated carbocycles. The van der Waals surface area contributed by atoms with E-state index in [2.05, 4.69) is 56.6 Å². The number of nitrogens with one attached hydrogen (secondary N) is 3. The molecule has 6 atom stereocenters. The van der Waals surface area contributed by atoms with E-state index in [0.29, 0.717) is 13.1 Å². The predicted molar refractivity (Wildman–Crippen MR) is 244 cm³/mol. The number of aromatic nitrogens is 5. The fraction of sp³-hybridized carbons (Fsp3) is 0.553. The Bertz CT molecular complexity index is 2540. The molecule has 340 valence electrons. The van der Waals surface area contributed by atoms with Crippen LogP contribution in [0.15, 0.2) is 36.4 Å². The van der Waals surface area contributed by atoms with Gasteiger partial charge in [-0.2, -0.15) is 0 Å². The summed E-state index contributed by atoms with van der Waals surface area (Å²) in [5.74, 6) is 0.843. The average molecular weight is 893 g/mol. The van der Waals surface area contributed by atoms with Gasteiger partial charge in [-0.3, -0.25) is 14.5 Å². The molecule has 3 saturated heterocycles. The summed E-state index contributed by atoms with van der Waals surface area (Å²) in [7, 11) is 2.77. The van der Waals surface area contributed by atoms with Crippen molar-refractivity contribution < 1.29 is 29.0 Å². The number of carboxylic acid groups (broad SMARTS) is 1. The quantitative estimate of drug-likeness (QED) is 0.100. The van der Waals surface area contributed by atoms with Gasteiger partial charge in [0.25, 0.3) is 0 Å². The maximum Gasteiger partial charge on any atom is 0.407 e. The Morgan fingerprint density at radius 2 is 1.33 bits per heavy atom. The van der Waals surface area contributed by atoms with E-state index in [9.17, 15) is 24.3 Å². The zero-order valence-corrected chi connectivity index (χ0v) is 38.4. The van der Waals surface area contributed by atoms with Crippen LogP contribution in [0.2, 0.25) is 0 Å². The molecule has 4 aliphatic rings. The first-order chi connectivity index (χ1) is 30.8. The summed E-state index contributed by atoms with van der Waals surface area (Å²) >= 11 is 1.83. The van der Waals surface area contributed by atoms with E-state index in [1.807, 2.05) is 48.8 Å². The average Bonchev–Trinajstić information content (AvgIpc) is 4.14. The molecule has 0 bridgehead atoms. The summed E-state index contributed by atoms with van der Waals surface area (Å²) < 4.78 is 4.83. The Labute approximate surface area is 377 Å². The summed E-state index contributed by atoms with van der Waals surface area (Å²) in [5, 5.41) is 13.5. The van der Waals surface area contributed by atoms with Gasteiger partial charge in [0.05, 0.1) is 59.0 Å². The number of H-pyrrole nitrogens is 2. The second kappa shape index (κ2) is 17.7. The topological polar surface area (TPSA) is 193 Å². The number of imidazole rings is 2. The number of likely N-dealkylation sites (N-methyl/N-ethyl adjacent to an activating group) is 1. The standard InChI is InChI=1S/C47H60N10O6S/c1-25(2)39(53-46(60)63-6)43(58)55-21-9-12-36(55)41-48-29-17-15-27(23-32(29)50-41)34-19-20-35(57(34)45-52-31-11-7-8-14-38(31)64-45)28-16-18-30-33(24-28)51-42(49-30)37-13-10-22-56(37)44(59)40(26(3)4)54(5)47(61)62/h15-18,23-26,34-37,39-40H,7-14,19-22H2,1-6H3,(H,48,50)(H,49,51)(H,53,60)(H,61,62)/t34?,35-,36+,37+,39+,40+/m1/s1. The predicted octanol–water partition coefficient (Wildman–Crippen LogP) is 8.20. The van der Waals surface area contributed by atoms with Crippen LogP contribution in [0.3, 0.4) is 0 Å². The number of alkyl carbamates (subject to hydrolysis) is 1. The van der Waals surface area contributed by atoms with Crippen molar-refractivity contribution in [1.29, 1.82) is 0 Å². The number of rotatable bonds is 11. The van der Waals surface area contributed by atoms with Gasteiger partial charge in [0.2, 0.25) is 11.8 Å². The molecule has 17 heteroatoms. The van der Waals surface area contributed by atoms with E-state index >= 15 is 0 Å². The molecular formula is C47H60N10O6S. The molecule has 5 aromatic rings. The monoisotopic (exact) mass is 892 g/mol. The molecule has 2 aromatic carbocycles. The van der Waals surface area contributed by atoms with Crippen molar-refractivity contribution in [3.63, 3.8) is 0 Å². The molecule has 3 aliphatic heterocycles. The molecule has 1 unspecified atom stereocenters. The van der Waals surface area contributed by atoms with E-state index < -0.39 is 24.3 Å². The number of benzene rings is 2. The van der Waals surface area contributed by atoms with Crippen molar-refractivity contribution >= 4 is 62.5 Å². The van der Waals surface area contributed by atoms with Crippen LogP contribution in [-0.4, -0.2) is 108 Å². The van der Waals surface area contributed by atoms with Crippen molar-refractivity contribution in [2.75, 3.05) is 32.1 Å². The highest BCUT2D eigenvalue weighted by molar-refractivity contribution is 7.15. The van der Waals surface area contributed by atoms with Gasteiger partial charge >= 0.3 is 12.2 Å². The molecule has 16 nitrogen and oxygen atoms in total. The molecule has 9 rings (SSSR count). The number of ether oxygens (including phenoxy) is 1. The van der Waals surface area contributed by atoms with E-state index in [-0.39, 0.29) is 47.8 Å². The normalized spacial score (nSPS) is 22.2. The molecule has 0 spiro atoms. The van der Waals surface area contributed by atoms with Crippen molar-refractivity contribution in [3.05, 3.63) is 69.7 Å². The van der Waals surface area contributed by atoms with E-state index in [4.69, 9.17) is 19.7 Å². The number of thiazole rings is 1. The fourth-order valence-corrected chi connectivity index (χ4v) is 11.9. The zero-order valence-electron chi connectivity index (χ0n) is 37.6. The number of fused-ring (bicyclic) bond motifs is 3. The molecule has 6 heterocycles. The highest BCUT2D eigenvalue weighted by Gasteiger charge is 2.42. The first-order valence-electron chi connectivity index (χ1n) is 23.0. The Balaban J connectivity index is 1.01. The van der Waals surface area contributed by atoms with Crippen molar-refractivity contribution in [1.82, 2.24) is 44.9 Å². The van der Waals surface area contributed by atoms with Crippen LogP contribution in [0.4, 0.5) is 14.7 Å². The minimum atomic E-state index is -1.12. The van der Waals surface area contributed by atoms with Crippen LogP contribution in [0.25, 0.3) is 22.1 Å². The maximum atomic E-state index is 13.9. The SMILES string of the molecule is COC(=O)N[C@H](C(=O)N1CCC[C@H]1c1nc2ccc(C3CC[C@H](c4ccc5nc([C@@H]6CCCN6C(=O)[C@H](C(C)C)N(C)C(=O)O)[nH]c5c4)N3c3nc4c(s3)CCCC4)cc2[nH]1)C(C)C. The number of likely N-dealkylation sites (tertiary alicyclic amines) is 2. The van der Waals surface area contributed by atoms with E-state index in [1.54, 1.807) is 0 Å². The largest absolute Gasteiger partial charge is 0.465 e. The molecular weight excluding hydrogens is 833 g/mol. The summed E-state index contributed by atoms with van der Waals surface area (Å²) in [6.07, 6.45) is 7.68. The lowest BCUT2D eigenvalue weighted by Gasteiger charge is -2.33. The second-order valence-electron chi connectivity index (χ2n) is 18.7.